The first-order valence-electron chi connectivity index (χ1n) is 7.07. The van der Waals surface area contributed by atoms with Crippen LogP contribution >= 0.6 is 22.9 Å². The molecule has 1 aliphatic heterocycles. The lowest BCUT2D eigenvalue weighted by Gasteiger charge is -2.17. The summed E-state index contributed by atoms with van der Waals surface area (Å²) in [5, 5.41) is 6.30. The molecule has 110 valence electrons. The van der Waals surface area contributed by atoms with Gasteiger partial charge in [-0.2, -0.15) is 0 Å². The van der Waals surface area contributed by atoms with Gasteiger partial charge in [0, 0.05) is 23.5 Å². The molecule has 0 saturated heterocycles. The summed E-state index contributed by atoms with van der Waals surface area (Å²) in [7, 11) is 0. The Morgan fingerprint density at radius 2 is 2.19 bits per heavy atom. The molecule has 1 aromatic heterocycles. The molecule has 1 aromatic carbocycles. The third kappa shape index (κ3) is 3.64. The molecule has 0 bridgehead atoms. The highest BCUT2D eigenvalue weighted by Crippen LogP contribution is 2.21. The van der Waals surface area contributed by atoms with Gasteiger partial charge in [0.1, 0.15) is 0 Å². The number of nitrogens with one attached hydrogen (secondary N) is 2. The number of benzene rings is 1. The van der Waals surface area contributed by atoms with Crippen molar-refractivity contribution in [1.29, 1.82) is 0 Å². The fourth-order valence-electron chi connectivity index (χ4n) is 2.51. The molecule has 3 rings (SSSR count). The van der Waals surface area contributed by atoms with Crippen LogP contribution in [0.15, 0.2) is 30.3 Å². The largest absolute Gasteiger partial charge is 0.352 e. The zero-order valence-electron chi connectivity index (χ0n) is 11.6. The fourth-order valence-corrected chi connectivity index (χ4v) is 3.60. The molecule has 2 N–H and O–H groups in total. The van der Waals surface area contributed by atoms with Crippen molar-refractivity contribution in [3.05, 3.63) is 56.2 Å². The molecule has 0 fully saturated rings. The predicted octanol–water partition coefficient (Wildman–Crippen LogP) is 3.02. The van der Waals surface area contributed by atoms with Crippen molar-refractivity contribution in [1.82, 2.24) is 10.6 Å². The number of thiophene rings is 1. The van der Waals surface area contributed by atoms with Gasteiger partial charge >= 0.3 is 0 Å². The van der Waals surface area contributed by atoms with Crippen LogP contribution in [0.1, 0.15) is 26.4 Å². The van der Waals surface area contributed by atoms with E-state index in [-0.39, 0.29) is 5.91 Å². The number of hydrogen-bond acceptors (Lipinski definition) is 3. The van der Waals surface area contributed by atoms with E-state index < -0.39 is 0 Å². The Balaban J connectivity index is 1.57. The number of carbonyl (C=O) groups excluding carboxylic acids is 1. The highest BCUT2D eigenvalue weighted by molar-refractivity contribution is 7.16. The Morgan fingerprint density at radius 3 is 3.00 bits per heavy atom. The van der Waals surface area contributed by atoms with Gasteiger partial charge in [-0.15, -0.1) is 11.3 Å². The van der Waals surface area contributed by atoms with Gasteiger partial charge in [0.05, 0.1) is 4.34 Å². The van der Waals surface area contributed by atoms with Crippen LogP contribution in [-0.4, -0.2) is 19.0 Å². The maximum atomic E-state index is 12.2. The van der Waals surface area contributed by atoms with Crippen molar-refractivity contribution in [2.75, 3.05) is 13.1 Å². The van der Waals surface area contributed by atoms with E-state index in [1.807, 2.05) is 24.3 Å². The zero-order chi connectivity index (χ0) is 14.7. The molecule has 1 aliphatic rings. The first kappa shape index (κ1) is 14.6. The van der Waals surface area contributed by atoms with Gasteiger partial charge in [-0.05, 0) is 54.8 Å². The van der Waals surface area contributed by atoms with E-state index in [1.54, 1.807) is 11.3 Å². The molecular formula is C16H17ClN2OS. The number of halogens is 1. The second-order valence-corrected chi connectivity index (χ2v) is 6.92. The third-order valence-electron chi connectivity index (χ3n) is 3.64. The van der Waals surface area contributed by atoms with Gasteiger partial charge in [-0.25, -0.2) is 0 Å². The molecule has 1 amide bonds. The lowest BCUT2D eigenvalue weighted by atomic mass is 9.98. The summed E-state index contributed by atoms with van der Waals surface area (Å²) in [6, 6.07) is 9.88. The van der Waals surface area contributed by atoms with E-state index in [9.17, 15) is 4.79 Å². The molecule has 0 aliphatic carbocycles. The second-order valence-electron chi connectivity index (χ2n) is 5.12. The maximum Gasteiger partial charge on any atom is 0.251 e. The zero-order valence-corrected chi connectivity index (χ0v) is 13.2. The van der Waals surface area contributed by atoms with E-state index >= 15 is 0 Å². The molecule has 0 saturated carbocycles. The van der Waals surface area contributed by atoms with Gasteiger partial charge in [0.25, 0.3) is 5.91 Å². The summed E-state index contributed by atoms with van der Waals surface area (Å²) in [5.41, 5.74) is 3.32. The van der Waals surface area contributed by atoms with Crippen LogP contribution in [-0.2, 0) is 19.4 Å². The van der Waals surface area contributed by atoms with Crippen molar-refractivity contribution >= 4 is 28.8 Å². The highest BCUT2D eigenvalue weighted by atomic mass is 35.5. The smallest absolute Gasteiger partial charge is 0.251 e. The molecule has 0 radical (unpaired) electrons. The van der Waals surface area contributed by atoms with Gasteiger partial charge in [0.15, 0.2) is 0 Å². The summed E-state index contributed by atoms with van der Waals surface area (Å²) in [5.74, 6) is -0.00831. The van der Waals surface area contributed by atoms with Gasteiger partial charge in [-0.3, -0.25) is 4.79 Å². The number of fused-ring (bicyclic) bond motifs is 1. The van der Waals surface area contributed by atoms with Gasteiger partial charge in [-0.1, -0.05) is 17.7 Å². The lowest BCUT2D eigenvalue weighted by Crippen LogP contribution is -2.27. The minimum absolute atomic E-state index is 0.00831. The minimum Gasteiger partial charge on any atom is -0.352 e. The maximum absolute atomic E-state index is 12.2. The summed E-state index contributed by atoms with van der Waals surface area (Å²) >= 11 is 7.45. The molecule has 0 unspecified atom stereocenters. The Hall–Kier alpha value is -1.36. The standard InChI is InChI=1S/C16H17ClN2OS/c17-15-4-3-14(21-15)6-8-19-16(20)12-2-1-11-5-7-18-10-13(11)9-12/h1-4,9,18H,5-8,10H2,(H,19,20). The number of hydrogen-bond donors (Lipinski definition) is 2. The second kappa shape index (κ2) is 6.60. The average Bonchev–Trinajstić information content (AvgIpc) is 2.92. The van der Waals surface area contributed by atoms with Crippen LogP contribution in [0.25, 0.3) is 0 Å². The van der Waals surface area contributed by atoms with E-state index in [4.69, 9.17) is 11.6 Å². The Bertz CT molecular complexity index is 653. The summed E-state index contributed by atoms with van der Waals surface area (Å²) < 4.78 is 0.790. The molecule has 21 heavy (non-hydrogen) atoms. The van der Waals surface area contributed by atoms with Crippen LogP contribution in [0.5, 0.6) is 0 Å². The van der Waals surface area contributed by atoms with E-state index in [2.05, 4.69) is 16.7 Å². The Morgan fingerprint density at radius 1 is 1.29 bits per heavy atom. The fraction of sp³-hybridized carbons (Fsp3) is 0.312. The summed E-state index contributed by atoms with van der Waals surface area (Å²) in [4.78, 5) is 13.4. The van der Waals surface area contributed by atoms with Crippen molar-refractivity contribution in [3.63, 3.8) is 0 Å². The molecule has 5 heteroatoms. The molecule has 2 heterocycles. The first-order chi connectivity index (χ1) is 10.2. The normalized spacial score (nSPS) is 13.8. The summed E-state index contributed by atoms with van der Waals surface area (Å²) in [6.45, 7) is 2.50. The van der Waals surface area contributed by atoms with Crippen LogP contribution in [0.3, 0.4) is 0 Å². The number of amides is 1. The van der Waals surface area contributed by atoms with Crippen molar-refractivity contribution in [2.45, 2.75) is 19.4 Å². The lowest BCUT2D eigenvalue weighted by molar-refractivity contribution is 0.0954. The molecule has 0 spiro atoms. The van der Waals surface area contributed by atoms with Crippen LogP contribution in [0.2, 0.25) is 4.34 Å². The van der Waals surface area contributed by atoms with E-state index in [1.165, 1.54) is 16.0 Å². The first-order valence-corrected chi connectivity index (χ1v) is 8.27. The average molecular weight is 321 g/mol. The number of carbonyl (C=O) groups is 1. The van der Waals surface area contributed by atoms with Crippen molar-refractivity contribution in [3.8, 4) is 0 Å². The van der Waals surface area contributed by atoms with Crippen LogP contribution < -0.4 is 10.6 Å². The quantitative estimate of drug-likeness (QED) is 0.909. The topological polar surface area (TPSA) is 41.1 Å². The monoisotopic (exact) mass is 320 g/mol. The number of rotatable bonds is 4. The van der Waals surface area contributed by atoms with Gasteiger partial charge < -0.3 is 10.6 Å². The third-order valence-corrected chi connectivity index (χ3v) is 4.93. The van der Waals surface area contributed by atoms with Crippen LogP contribution in [0, 0.1) is 0 Å². The molecule has 2 aromatic rings. The Kier molecular flexibility index (Phi) is 4.58. The summed E-state index contributed by atoms with van der Waals surface area (Å²) in [6.07, 6.45) is 1.85. The highest BCUT2D eigenvalue weighted by Gasteiger charge is 2.12. The van der Waals surface area contributed by atoms with E-state index in [0.29, 0.717) is 6.54 Å². The van der Waals surface area contributed by atoms with Crippen molar-refractivity contribution < 1.29 is 4.79 Å². The molecular weight excluding hydrogens is 304 g/mol. The Labute approximate surface area is 133 Å². The van der Waals surface area contributed by atoms with E-state index in [0.717, 1.165) is 35.8 Å². The van der Waals surface area contributed by atoms with Gasteiger partial charge in [0.2, 0.25) is 0 Å². The van der Waals surface area contributed by atoms with Crippen LogP contribution in [0.4, 0.5) is 0 Å². The molecule has 3 nitrogen and oxygen atoms in total. The van der Waals surface area contributed by atoms with Crippen molar-refractivity contribution in [2.24, 2.45) is 0 Å². The molecule has 0 atom stereocenters. The SMILES string of the molecule is O=C(NCCc1ccc(Cl)s1)c1ccc2c(c1)CNCC2. The predicted molar refractivity (Wildman–Crippen MR) is 87.2 cm³/mol. The minimum atomic E-state index is -0.00831.